The summed E-state index contributed by atoms with van der Waals surface area (Å²) in [5.74, 6) is 2.18. The Morgan fingerprint density at radius 1 is 1.16 bits per heavy atom. The molecule has 2 N–H and O–H groups in total. The highest BCUT2D eigenvalue weighted by atomic mass is 16.5. The largest absolute Gasteiger partial charge is 0.496 e. The number of rotatable bonds is 3. The van der Waals surface area contributed by atoms with Crippen molar-refractivity contribution >= 4 is 5.82 Å². The topological polar surface area (TPSA) is 62.3 Å². The molecule has 0 aliphatic rings. The second kappa shape index (κ2) is 4.84. The lowest BCUT2D eigenvalue weighted by Gasteiger charge is -2.14. The van der Waals surface area contributed by atoms with Crippen LogP contribution >= 0.6 is 0 Å². The van der Waals surface area contributed by atoms with E-state index in [2.05, 4.69) is 5.10 Å². The molecule has 0 unspecified atom stereocenters. The van der Waals surface area contributed by atoms with Gasteiger partial charge in [0.15, 0.2) is 0 Å². The third kappa shape index (κ3) is 2.01. The van der Waals surface area contributed by atoms with Crippen molar-refractivity contribution in [2.24, 2.45) is 7.05 Å². The first-order chi connectivity index (χ1) is 9.01. The summed E-state index contributed by atoms with van der Waals surface area (Å²) in [6.07, 6.45) is 0. The summed E-state index contributed by atoms with van der Waals surface area (Å²) in [6, 6.07) is 3.87. The highest BCUT2D eigenvalue weighted by Gasteiger charge is 2.19. The molecular formula is C14H19N3O2. The number of anilines is 1. The van der Waals surface area contributed by atoms with Gasteiger partial charge in [0.05, 0.1) is 25.5 Å². The van der Waals surface area contributed by atoms with Gasteiger partial charge in [-0.1, -0.05) is 0 Å². The Labute approximate surface area is 112 Å². The van der Waals surface area contributed by atoms with E-state index in [0.29, 0.717) is 5.82 Å². The number of hydrogen-bond donors (Lipinski definition) is 1. The maximum absolute atomic E-state index is 6.09. The number of methoxy groups -OCH3 is 2. The van der Waals surface area contributed by atoms with Crippen molar-refractivity contribution in [1.82, 2.24) is 9.78 Å². The number of nitrogen functional groups attached to an aromatic ring is 1. The van der Waals surface area contributed by atoms with E-state index in [0.717, 1.165) is 33.9 Å². The van der Waals surface area contributed by atoms with Gasteiger partial charge < -0.3 is 15.2 Å². The van der Waals surface area contributed by atoms with Crippen molar-refractivity contribution in [3.05, 3.63) is 23.4 Å². The minimum Gasteiger partial charge on any atom is -0.496 e. The van der Waals surface area contributed by atoms with Crippen LogP contribution in [0.3, 0.4) is 0 Å². The van der Waals surface area contributed by atoms with Gasteiger partial charge in [-0.3, -0.25) is 4.68 Å². The Bertz CT molecular complexity index is 618. The van der Waals surface area contributed by atoms with Crippen LogP contribution in [0.4, 0.5) is 5.82 Å². The number of ether oxygens (including phenoxy) is 2. The van der Waals surface area contributed by atoms with Gasteiger partial charge in [-0.2, -0.15) is 5.10 Å². The van der Waals surface area contributed by atoms with Crippen LogP contribution in [0.1, 0.15) is 11.3 Å². The minimum atomic E-state index is 0.625. The van der Waals surface area contributed by atoms with E-state index in [1.807, 2.05) is 33.0 Å². The van der Waals surface area contributed by atoms with Gasteiger partial charge in [-0.15, -0.1) is 0 Å². The molecule has 0 aliphatic heterocycles. The Morgan fingerprint density at radius 2 is 1.84 bits per heavy atom. The predicted molar refractivity (Wildman–Crippen MR) is 75.6 cm³/mol. The number of aromatic nitrogens is 2. The minimum absolute atomic E-state index is 0.625. The maximum atomic E-state index is 6.09. The van der Waals surface area contributed by atoms with Gasteiger partial charge >= 0.3 is 0 Å². The quantitative estimate of drug-likeness (QED) is 0.921. The lowest BCUT2D eigenvalue weighted by molar-refractivity contribution is 0.390. The molecule has 0 amide bonds. The van der Waals surface area contributed by atoms with Gasteiger partial charge in [-0.05, 0) is 26.0 Å². The van der Waals surface area contributed by atoms with Gasteiger partial charge in [0.2, 0.25) is 0 Å². The number of benzene rings is 1. The first kappa shape index (κ1) is 13.3. The molecule has 19 heavy (non-hydrogen) atoms. The molecule has 1 aromatic heterocycles. The number of hydrogen-bond acceptors (Lipinski definition) is 4. The number of aryl methyl sites for hydroxylation is 2. The van der Waals surface area contributed by atoms with E-state index in [-0.39, 0.29) is 0 Å². The summed E-state index contributed by atoms with van der Waals surface area (Å²) < 4.78 is 12.5. The zero-order valence-electron chi connectivity index (χ0n) is 11.9. The van der Waals surface area contributed by atoms with Crippen molar-refractivity contribution < 1.29 is 9.47 Å². The molecule has 0 fully saturated rings. The molecule has 0 radical (unpaired) electrons. The summed E-state index contributed by atoms with van der Waals surface area (Å²) in [6.45, 7) is 3.90. The molecule has 0 aliphatic carbocycles. The number of nitrogens with zero attached hydrogens (tertiary/aromatic N) is 2. The zero-order chi connectivity index (χ0) is 14.2. The van der Waals surface area contributed by atoms with Gasteiger partial charge in [0.25, 0.3) is 0 Å². The molecule has 1 heterocycles. The Balaban J connectivity index is 2.72. The Hall–Kier alpha value is -2.17. The summed E-state index contributed by atoms with van der Waals surface area (Å²) >= 11 is 0. The molecule has 0 saturated heterocycles. The van der Waals surface area contributed by atoms with Crippen LogP contribution in [0.5, 0.6) is 11.5 Å². The maximum Gasteiger partial charge on any atom is 0.133 e. The molecular weight excluding hydrogens is 242 g/mol. The lowest BCUT2D eigenvalue weighted by Crippen LogP contribution is -1.99. The van der Waals surface area contributed by atoms with Crippen LogP contribution in [0.25, 0.3) is 11.1 Å². The van der Waals surface area contributed by atoms with E-state index in [1.54, 1.807) is 18.9 Å². The molecule has 0 spiro atoms. The predicted octanol–water partition coefficient (Wildman–Crippen LogP) is 2.30. The van der Waals surface area contributed by atoms with E-state index < -0.39 is 0 Å². The summed E-state index contributed by atoms with van der Waals surface area (Å²) in [5.41, 5.74) is 9.76. The fraction of sp³-hybridized carbons (Fsp3) is 0.357. The van der Waals surface area contributed by atoms with Gasteiger partial charge in [0.1, 0.15) is 17.3 Å². The molecule has 2 aromatic rings. The molecule has 5 nitrogen and oxygen atoms in total. The SMILES string of the molecule is COc1ccc(-c2c(C)nn(C)c2N)c(OC)c1C. The molecule has 1 aromatic carbocycles. The highest BCUT2D eigenvalue weighted by Crippen LogP contribution is 2.41. The van der Waals surface area contributed by atoms with Crippen LogP contribution in [-0.4, -0.2) is 24.0 Å². The van der Waals surface area contributed by atoms with Crippen LogP contribution in [0.15, 0.2) is 12.1 Å². The second-order valence-corrected chi connectivity index (χ2v) is 4.44. The standard InChI is InChI=1S/C14H19N3O2/c1-8-11(18-4)7-6-10(13(8)19-5)12-9(2)16-17(3)14(12)15/h6-7H,15H2,1-5H3. The van der Waals surface area contributed by atoms with Crippen LogP contribution < -0.4 is 15.2 Å². The Morgan fingerprint density at radius 3 is 2.32 bits per heavy atom. The van der Waals surface area contributed by atoms with Crippen molar-refractivity contribution in [2.45, 2.75) is 13.8 Å². The van der Waals surface area contributed by atoms with E-state index in [4.69, 9.17) is 15.2 Å². The average Bonchev–Trinajstić information content (AvgIpc) is 2.63. The second-order valence-electron chi connectivity index (χ2n) is 4.44. The summed E-state index contributed by atoms with van der Waals surface area (Å²) in [5, 5.41) is 4.34. The molecule has 5 heteroatoms. The van der Waals surface area contributed by atoms with Crippen LogP contribution in [0.2, 0.25) is 0 Å². The Kier molecular flexibility index (Phi) is 3.38. The third-order valence-corrected chi connectivity index (χ3v) is 3.32. The van der Waals surface area contributed by atoms with E-state index in [9.17, 15) is 0 Å². The molecule has 0 atom stereocenters. The lowest BCUT2D eigenvalue weighted by atomic mass is 10.0. The third-order valence-electron chi connectivity index (χ3n) is 3.32. The van der Waals surface area contributed by atoms with Gasteiger partial charge in [-0.25, -0.2) is 0 Å². The average molecular weight is 261 g/mol. The molecule has 0 bridgehead atoms. The van der Waals surface area contributed by atoms with Crippen molar-refractivity contribution in [3.8, 4) is 22.6 Å². The fourth-order valence-corrected chi connectivity index (χ4v) is 2.36. The first-order valence-corrected chi connectivity index (χ1v) is 6.02. The summed E-state index contributed by atoms with van der Waals surface area (Å²) in [7, 11) is 5.12. The molecule has 102 valence electrons. The summed E-state index contributed by atoms with van der Waals surface area (Å²) in [4.78, 5) is 0. The van der Waals surface area contributed by atoms with Gasteiger partial charge in [0, 0.05) is 18.2 Å². The molecule has 2 rings (SSSR count). The molecule has 0 saturated carbocycles. The van der Waals surface area contributed by atoms with E-state index in [1.165, 1.54) is 0 Å². The highest BCUT2D eigenvalue weighted by molar-refractivity contribution is 5.82. The zero-order valence-corrected chi connectivity index (χ0v) is 11.9. The van der Waals surface area contributed by atoms with Crippen LogP contribution in [-0.2, 0) is 7.05 Å². The first-order valence-electron chi connectivity index (χ1n) is 6.02. The number of nitrogens with two attached hydrogens (primary N) is 1. The van der Waals surface area contributed by atoms with E-state index >= 15 is 0 Å². The van der Waals surface area contributed by atoms with Crippen molar-refractivity contribution in [1.29, 1.82) is 0 Å². The smallest absolute Gasteiger partial charge is 0.133 e. The van der Waals surface area contributed by atoms with Crippen molar-refractivity contribution in [3.63, 3.8) is 0 Å². The van der Waals surface area contributed by atoms with Crippen molar-refractivity contribution in [2.75, 3.05) is 20.0 Å². The normalized spacial score (nSPS) is 10.6. The fourth-order valence-electron chi connectivity index (χ4n) is 2.36. The monoisotopic (exact) mass is 261 g/mol. The van der Waals surface area contributed by atoms with Crippen LogP contribution in [0, 0.1) is 13.8 Å².